The van der Waals surface area contributed by atoms with Gasteiger partial charge in [0.2, 0.25) is 11.7 Å². The average molecular weight is 295 g/mol. The lowest BCUT2D eigenvalue weighted by atomic mass is 9.95. The Balaban J connectivity index is 2.01. The third-order valence-corrected chi connectivity index (χ3v) is 4.27. The van der Waals surface area contributed by atoms with Gasteiger partial charge in [-0.05, 0) is 45.1 Å². The Kier molecular flexibility index (Phi) is 5.76. The molecule has 1 fully saturated rings. The van der Waals surface area contributed by atoms with Gasteiger partial charge in [-0.1, -0.05) is 25.9 Å². The highest BCUT2D eigenvalue weighted by Crippen LogP contribution is 2.32. The summed E-state index contributed by atoms with van der Waals surface area (Å²) in [7, 11) is 0. The van der Waals surface area contributed by atoms with Crippen molar-refractivity contribution in [2.75, 3.05) is 13.2 Å². The van der Waals surface area contributed by atoms with Crippen molar-refractivity contribution in [3.05, 3.63) is 11.7 Å². The summed E-state index contributed by atoms with van der Waals surface area (Å²) < 4.78 is 11.3. The van der Waals surface area contributed by atoms with Crippen LogP contribution in [0.3, 0.4) is 0 Å². The van der Waals surface area contributed by atoms with Crippen LogP contribution >= 0.6 is 0 Å². The summed E-state index contributed by atoms with van der Waals surface area (Å²) in [4.78, 5) is 4.59. The van der Waals surface area contributed by atoms with Crippen molar-refractivity contribution < 1.29 is 9.26 Å². The molecule has 5 heteroatoms. The molecular weight excluding hydrogens is 266 g/mol. The standard InChI is InChI=1S/C16H29N3O2/c1-5-9-17-13(12(2)3)11-14-18-15(19-21-14)16(4)8-6-7-10-20-16/h12-13,17H,5-11H2,1-4H3. The normalized spacial score (nSPS) is 24.4. The first kappa shape index (κ1) is 16.4. The minimum absolute atomic E-state index is 0.371. The third kappa shape index (κ3) is 4.27. The van der Waals surface area contributed by atoms with E-state index in [1.807, 2.05) is 0 Å². The molecule has 0 saturated carbocycles. The lowest BCUT2D eigenvalue weighted by molar-refractivity contribution is -0.0770. The maximum atomic E-state index is 5.88. The molecule has 0 aromatic carbocycles. The van der Waals surface area contributed by atoms with Crippen LogP contribution in [0, 0.1) is 5.92 Å². The van der Waals surface area contributed by atoms with Gasteiger partial charge in [0.05, 0.1) is 0 Å². The van der Waals surface area contributed by atoms with Crippen LogP contribution in [0.4, 0.5) is 0 Å². The molecule has 1 aromatic heterocycles. The molecule has 2 rings (SSSR count). The van der Waals surface area contributed by atoms with Crippen LogP contribution in [0.2, 0.25) is 0 Å². The Hall–Kier alpha value is -0.940. The maximum Gasteiger partial charge on any atom is 0.228 e. The lowest BCUT2D eigenvalue weighted by Gasteiger charge is -2.30. The zero-order valence-corrected chi connectivity index (χ0v) is 13.8. The molecule has 1 saturated heterocycles. The molecule has 1 aliphatic rings. The van der Waals surface area contributed by atoms with Crippen molar-refractivity contribution in [2.24, 2.45) is 5.92 Å². The topological polar surface area (TPSA) is 60.2 Å². The van der Waals surface area contributed by atoms with Gasteiger partial charge in [-0.15, -0.1) is 0 Å². The quantitative estimate of drug-likeness (QED) is 0.837. The zero-order chi connectivity index (χ0) is 15.3. The van der Waals surface area contributed by atoms with Gasteiger partial charge >= 0.3 is 0 Å². The summed E-state index contributed by atoms with van der Waals surface area (Å²) >= 11 is 0. The Morgan fingerprint density at radius 1 is 1.33 bits per heavy atom. The number of nitrogens with one attached hydrogen (secondary N) is 1. The number of rotatable bonds is 7. The highest BCUT2D eigenvalue weighted by molar-refractivity contribution is 5.01. The molecule has 2 heterocycles. The molecule has 0 spiro atoms. The molecule has 120 valence electrons. The number of ether oxygens (including phenoxy) is 1. The van der Waals surface area contributed by atoms with E-state index in [1.165, 1.54) is 0 Å². The van der Waals surface area contributed by atoms with Gasteiger partial charge in [-0.2, -0.15) is 4.98 Å². The van der Waals surface area contributed by atoms with E-state index in [0.29, 0.717) is 23.7 Å². The fourth-order valence-corrected chi connectivity index (χ4v) is 2.72. The van der Waals surface area contributed by atoms with Gasteiger partial charge in [0.1, 0.15) is 5.60 Å². The zero-order valence-electron chi connectivity index (χ0n) is 13.8. The first-order valence-electron chi connectivity index (χ1n) is 8.25. The molecule has 0 radical (unpaired) electrons. The molecule has 5 nitrogen and oxygen atoms in total. The second-order valence-corrected chi connectivity index (χ2v) is 6.56. The van der Waals surface area contributed by atoms with E-state index in [2.05, 4.69) is 43.2 Å². The van der Waals surface area contributed by atoms with Crippen molar-refractivity contribution in [3.8, 4) is 0 Å². The lowest BCUT2D eigenvalue weighted by Crippen LogP contribution is -2.36. The van der Waals surface area contributed by atoms with Crippen molar-refractivity contribution in [1.29, 1.82) is 0 Å². The smallest absolute Gasteiger partial charge is 0.228 e. The SMILES string of the molecule is CCCNC(Cc1nc(C2(C)CCCCO2)no1)C(C)C. The number of aromatic nitrogens is 2. The van der Waals surface area contributed by atoms with E-state index < -0.39 is 0 Å². The number of hydrogen-bond acceptors (Lipinski definition) is 5. The second kappa shape index (κ2) is 7.36. The Bertz CT molecular complexity index is 425. The van der Waals surface area contributed by atoms with Crippen LogP contribution in [0.5, 0.6) is 0 Å². The minimum Gasteiger partial charge on any atom is -0.367 e. The molecule has 1 aromatic rings. The molecule has 21 heavy (non-hydrogen) atoms. The summed E-state index contributed by atoms with van der Waals surface area (Å²) in [5.41, 5.74) is -0.371. The van der Waals surface area contributed by atoms with Gasteiger partial charge in [-0.25, -0.2) is 0 Å². The fraction of sp³-hybridized carbons (Fsp3) is 0.875. The first-order valence-corrected chi connectivity index (χ1v) is 8.25. The van der Waals surface area contributed by atoms with Gasteiger partial charge in [-0.3, -0.25) is 0 Å². The van der Waals surface area contributed by atoms with Gasteiger partial charge < -0.3 is 14.6 Å². The largest absolute Gasteiger partial charge is 0.367 e. The molecule has 1 aliphatic heterocycles. The molecular formula is C16H29N3O2. The van der Waals surface area contributed by atoms with Crippen LogP contribution in [-0.2, 0) is 16.8 Å². The van der Waals surface area contributed by atoms with Crippen LogP contribution in [0.25, 0.3) is 0 Å². The van der Waals surface area contributed by atoms with E-state index >= 15 is 0 Å². The van der Waals surface area contributed by atoms with Gasteiger partial charge in [0.15, 0.2) is 0 Å². The number of nitrogens with zero attached hydrogens (tertiary/aromatic N) is 2. The summed E-state index contributed by atoms with van der Waals surface area (Å²) in [5, 5.41) is 7.72. The van der Waals surface area contributed by atoms with Crippen LogP contribution in [0.15, 0.2) is 4.52 Å². The molecule has 0 amide bonds. The van der Waals surface area contributed by atoms with Gasteiger partial charge in [0.25, 0.3) is 0 Å². The summed E-state index contributed by atoms with van der Waals surface area (Å²) in [6.07, 6.45) is 5.16. The Labute approximate surface area is 127 Å². The van der Waals surface area contributed by atoms with Crippen LogP contribution in [-0.4, -0.2) is 29.3 Å². The van der Waals surface area contributed by atoms with Crippen LogP contribution in [0.1, 0.15) is 65.1 Å². The summed E-state index contributed by atoms with van der Waals surface area (Å²) in [6.45, 7) is 10.5. The number of hydrogen-bond donors (Lipinski definition) is 1. The van der Waals surface area contributed by atoms with Crippen molar-refractivity contribution in [1.82, 2.24) is 15.5 Å². The van der Waals surface area contributed by atoms with Crippen molar-refractivity contribution in [2.45, 2.75) is 71.4 Å². The van der Waals surface area contributed by atoms with Crippen molar-refractivity contribution in [3.63, 3.8) is 0 Å². The second-order valence-electron chi connectivity index (χ2n) is 6.56. The third-order valence-electron chi connectivity index (χ3n) is 4.27. The average Bonchev–Trinajstić information content (AvgIpc) is 2.93. The van der Waals surface area contributed by atoms with E-state index in [4.69, 9.17) is 9.26 Å². The maximum absolute atomic E-state index is 5.88. The van der Waals surface area contributed by atoms with E-state index in [-0.39, 0.29) is 5.60 Å². The highest BCUT2D eigenvalue weighted by atomic mass is 16.5. The molecule has 2 atom stereocenters. The predicted molar refractivity (Wildman–Crippen MR) is 82.1 cm³/mol. The predicted octanol–water partition coefficient (Wildman–Crippen LogP) is 3.05. The minimum atomic E-state index is -0.371. The Morgan fingerprint density at radius 3 is 2.76 bits per heavy atom. The molecule has 2 unspecified atom stereocenters. The summed E-state index contributed by atoms with van der Waals surface area (Å²) in [5.74, 6) is 1.95. The first-order chi connectivity index (χ1) is 10.0. The molecule has 0 bridgehead atoms. The highest BCUT2D eigenvalue weighted by Gasteiger charge is 2.35. The monoisotopic (exact) mass is 295 g/mol. The Morgan fingerprint density at radius 2 is 2.14 bits per heavy atom. The molecule has 0 aliphatic carbocycles. The molecule has 1 N–H and O–H groups in total. The van der Waals surface area contributed by atoms with E-state index in [0.717, 1.165) is 45.3 Å². The fourth-order valence-electron chi connectivity index (χ4n) is 2.72. The summed E-state index contributed by atoms with van der Waals surface area (Å²) in [6, 6.07) is 0.373. The van der Waals surface area contributed by atoms with Crippen LogP contribution < -0.4 is 5.32 Å². The van der Waals surface area contributed by atoms with E-state index in [9.17, 15) is 0 Å². The van der Waals surface area contributed by atoms with Crippen molar-refractivity contribution >= 4 is 0 Å². The van der Waals surface area contributed by atoms with E-state index in [1.54, 1.807) is 0 Å². The van der Waals surface area contributed by atoms with Gasteiger partial charge in [0, 0.05) is 19.1 Å².